The van der Waals surface area contributed by atoms with E-state index in [0.29, 0.717) is 24.5 Å². The van der Waals surface area contributed by atoms with Crippen LogP contribution in [-0.2, 0) is 16.4 Å². The first-order valence-corrected chi connectivity index (χ1v) is 11.2. The highest BCUT2D eigenvalue weighted by Gasteiger charge is 2.29. The van der Waals surface area contributed by atoms with Crippen LogP contribution in [0.15, 0.2) is 23.2 Å². The van der Waals surface area contributed by atoms with Gasteiger partial charge < -0.3 is 15.4 Å². The monoisotopic (exact) mass is 437 g/mol. The Morgan fingerprint density at radius 3 is 2.41 bits per heavy atom. The second-order valence-electron chi connectivity index (χ2n) is 7.84. The van der Waals surface area contributed by atoms with E-state index < -0.39 is 22.6 Å². The Labute approximate surface area is 170 Å². The predicted octanol–water partition coefficient (Wildman–Crippen LogP) is 3.06. The van der Waals surface area contributed by atoms with E-state index in [4.69, 9.17) is 4.74 Å². The molecule has 0 unspecified atom stereocenters. The van der Waals surface area contributed by atoms with Gasteiger partial charge in [-0.3, -0.25) is 4.99 Å². The fourth-order valence-electron chi connectivity index (χ4n) is 2.37. The summed E-state index contributed by atoms with van der Waals surface area (Å²) >= 11 is 0. The normalized spacial score (nSPS) is 13.3. The van der Waals surface area contributed by atoms with Gasteiger partial charge >= 0.3 is 6.18 Å². The van der Waals surface area contributed by atoms with Gasteiger partial charge in [0.2, 0.25) is 0 Å². The molecule has 0 fully saturated rings. The number of guanidine groups is 1. The summed E-state index contributed by atoms with van der Waals surface area (Å²) in [5.74, 6) is 0.718. The lowest BCUT2D eigenvalue weighted by Crippen LogP contribution is -2.42. The van der Waals surface area contributed by atoms with Crippen LogP contribution in [0.1, 0.15) is 31.4 Å². The first-order valence-electron chi connectivity index (χ1n) is 9.12. The summed E-state index contributed by atoms with van der Waals surface area (Å²) in [6.07, 6.45) is -2.72. The van der Waals surface area contributed by atoms with Gasteiger partial charge in [0.25, 0.3) is 0 Å². The smallest absolute Gasteiger partial charge is 0.422 e. The average Bonchev–Trinajstić information content (AvgIpc) is 2.58. The third-order valence-corrected chi connectivity index (χ3v) is 5.11. The zero-order valence-electron chi connectivity index (χ0n) is 17.5. The number of rotatable bonds is 9. The molecule has 29 heavy (non-hydrogen) atoms. The molecule has 1 rings (SSSR count). The minimum atomic E-state index is -4.41. The molecule has 0 radical (unpaired) electrons. The highest BCUT2D eigenvalue weighted by atomic mass is 32.2. The molecule has 0 aliphatic carbocycles. The number of aliphatic imine (C=N–C) groups is 1. The number of hydrogen-bond donors (Lipinski definition) is 2. The Hall–Kier alpha value is -1.97. The number of halogens is 3. The van der Waals surface area contributed by atoms with Gasteiger partial charge in [-0.15, -0.1) is 0 Å². The number of benzene rings is 1. The summed E-state index contributed by atoms with van der Waals surface area (Å²) in [6.45, 7) is 5.01. The number of nitrogens with one attached hydrogen (secondary N) is 2. The molecule has 166 valence electrons. The zero-order valence-corrected chi connectivity index (χ0v) is 18.3. The van der Waals surface area contributed by atoms with Crippen LogP contribution >= 0.6 is 0 Å². The van der Waals surface area contributed by atoms with Crippen molar-refractivity contribution in [2.45, 2.75) is 39.9 Å². The largest absolute Gasteiger partial charge is 0.484 e. The number of sulfone groups is 1. The van der Waals surface area contributed by atoms with Crippen molar-refractivity contribution in [3.05, 3.63) is 29.3 Å². The van der Waals surface area contributed by atoms with E-state index in [9.17, 15) is 21.6 Å². The van der Waals surface area contributed by atoms with Crippen LogP contribution in [0.3, 0.4) is 0 Å². The standard InChI is InChI=1S/C19H30F3N3O3S/c1-14-6-7-15(16(10-14)28-13-19(20,21)22)11-24-17(23-4)25-12-18(2,3)8-9-29(5,26)27/h6-7,10H,8-9,11-13H2,1-5H3,(H2,23,24,25). The van der Waals surface area contributed by atoms with Crippen LogP contribution in [0.5, 0.6) is 5.75 Å². The molecule has 0 aliphatic rings. The van der Waals surface area contributed by atoms with Gasteiger partial charge in [0.15, 0.2) is 12.6 Å². The van der Waals surface area contributed by atoms with E-state index in [0.717, 1.165) is 5.56 Å². The first-order chi connectivity index (χ1) is 13.2. The van der Waals surface area contributed by atoms with Gasteiger partial charge in [0.05, 0.1) is 5.75 Å². The summed E-state index contributed by atoms with van der Waals surface area (Å²) in [5.41, 5.74) is 1.08. The number of nitrogens with zero attached hydrogens (tertiary/aromatic N) is 1. The molecule has 10 heteroatoms. The minimum absolute atomic E-state index is 0.0942. The summed E-state index contributed by atoms with van der Waals surface area (Å²) in [6, 6.07) is 5.06. The van der Waals surface area contributed by atoms with Crippen molar-refractivity contribution in [3.63, 3.8) is 0 Å². The Morgan fingerprint density at radius 2 is 1.86 bits per heavy atom. The van der Waals surface area contributed by atoms with Gasteiger partial charge in [-0.2, -0.15) is 13.2 Å². The molecule has 2 N–H and O–H groups in total. The van der Waals surface area contributed by atoms with E-state index in [2.05, 4.69) is 15.6 Å². The maximum absolute atomic E-state index is 12.5. The Bertz CT molecular complexity index is 807. The van der Waals surface area contributed by atoms with Crippen molar-refractivity contribution in [2.75, 3.05) is 32.2 Å². The molecule has 0 aromatic heterocycles. The van der Waals surface area contributed by atoms with Gasteiger partial charge in [0.1, 0.15) is 15.6 Å². The van der Waals surface area contributed by atoms with Crippen LogP contribution in [0.4, 0.5) is 13.2 Å². The third-order valence-electron chi connectivity index (χ3n) is 4.17. The molecule has 0 saturated heterocycles. The van der Waals surface area contributed by atoms with E-state index in [1.165, 1.54) is 6.26 Å². The number of aryl methyl sites for hydroxylation is 1. The third kappa shape index (κ3) is 11.0. The molecule has 6 nitrogen and oxygen atoms in total. The van der Waals surface area contributed by atoms with Crippen molar-refractivity contribution < 1.29 is 26.3 Å². The van der Waals surface area contributed by atoms with Crippen LogP contribution in [0.25, 0.3) is 0 Å². The van der Waals surface area contributed by atoms with Crippen molar-refractivity contribution >= 4 is 15.8 Å². The van der Waals surface area contributed by atoms with E-state index in [-0.39, 0.29) is 23.5 Å². The maximum Gasteiger partial charge on any atom is 0.422 e. The minimum Gasteiger partial charge on any atom is -0.484 e. The lowest BCUT2D eigenvalue weighted by Gasteiger charge is -2.26. The predicted molar refractivity (Wildman–Crippen MR) is 109 cm³/mol. The molecule has 1 aromatic rings. The molecule has 0 heterocycles. The SMILES string of the molecule is CN=C(NCc1ccc(C)cc1OCC(F)(F)F)NCC(C)(C)CCS(C)(=O)=O. The van der Waals surface area contributed by atoms with E-state index in [1.54, 1.807) is 32.2 Å². The molecule has 0 spiro atoms. The van der Waals surface area contributed by atoms with Gasteiger partial charge in [-0.05, 0) is 30.4 Å². The summed E-state index contributed by atoms with van der Waals surface area (Å²) in [7, 11) is -1.46. The summed E-state index contributed by atoms with van der Waals surface area (Å²) in [4.78, 5) is 4.10. The van der Waals surface area contributed by atoms with Crippen molar-refractivity contribution in [2.24, 2.45) is 10.4 Å². The molecule has 0 atom stereocenters. The van der Waals surface area contributed by atoms with Gasteiger partial charge in [0, 0.05) is 32.0 Å². The second kappa shape index (κ2) is 10.2. The Kier molecular flexibility index (Phi) is 8.80. The van der Waals surface area contributed by atoms with Crippen LogP contribution in [0.2, 0.25) is 0 Å². The molecule has 0 bridgehead atoms. The van der Waals surface area contributed by atoms with E-state index >= 15 is 0 Å². The highest BCUT2D eigenvalue weighted by Crippen LogP contribution is 2.24. The quantitative estimate of drug-likeness (QED) is 0.459. The lowest BCUT2D eigenvalue weighted by molar-refractivity contribution is -0.153. The van der Waals surface area contributed by atoms with Crippen molar-refractivity contribution in [1.29, 1.82) is 0 Å². The molecule has 1 aromatic carbocycles. The molecule has 0 saturated carbocycles. The average molecular weight is 438 g/mol. The summed E-state index contributed by atoms with van der Waals surface area (Å²) < 4.78 is 65.1. The van der Waals surface area contributed by atoms with Crippen LogP contribution < -0.4 is 15.4 Å². The Morgan fingerprint density at radius 1 is 1.21 bits per heavy atom. The summed E-state index contributed by atoms with van der Waals surface area (Å²) in [5, 5.41) is 6.17. The second-order valence-corrected chi connectivity index (χ2v) is 10.1. The van der Waals surface area contributed by atoms with E-state index in [1.807, 2.05) is 13.8 Å². The van der Waals surface area contributed by atoms with Crippen molar-refractivity contribution in [1.82, 2.24) is 10.6 Å². The van der Waals surface area contributed by atoms with Gasteiger partial charge in [-0.1, -0.05) is 26.0 Å². The number of ether oxygens (including phenoxy) is 1. The highest BCUT2D eigenvalue weighted by molar-refractivity contribution is 7.90. The fraction of sp³-hybridized carbons (Fsp3) is 0.632. The maximum atomic E-state index is 12.5. The van der Waals surface area contributed by atoms with Crippen LogP contribution in [-0.4, -0.2) is 52.8 Å². The van der Waals surface area contributed by atoms with Crippen LogP contribution in [0, 0.1) is 12.3 Å². The zero-order chi connectivity index (χ0) is 22.3. The molecular formula is C19H30F3N3O3S. The lowest BCUT2D eigenvalue weighted by atomic mass is 9.90. The van der Waals surface area contributed by atoms with Crippen molar-refractivity contribution in [3.8, 4) is 5.75 Å². The number of alkyl halides is 3. The number of hydrogen-bond acceptors (Lipinski definition) is 4. The topological polar surface area (TPSA) is 79.8 Å². The Balaban J connectivity index is 2.68. The first kappa shape index (κ1) is 25.1. The van der Waals surface area contributed by atoms with Gasteiger partial charge in [-0.25, -0.2) is 8.42 Å². The fourth-order valence-corrected chi connectivity index (χ4v) is 3.30. The molecular weight excluding hydrogens is 407 g/mol. The molecule has 0 aliphatic heterocycles. The molecule has 0 amide bonds.